The van der Waals surface area contributed by atoms with Crippen LogP contribution in [-0.2, 0) is 17.8 Å². The molecular formula is C30H34N4O2. The van der Waals surface area contributed by atoms with Gasteiger partial charge in [-0.3, -0.25) is 9.59 Å². The van der Waals surface area contributed by atoms with Gasteiger partial charge in [-0.05, 0) is 48.3 Å². The largest absolute Gasteiger partial charge is 0.343 e. The van der Waals surface area contributed by atoms with E-state index in [2.05, 4.69) is 67.5 Å². The molecule has 1 aliphatic heterocycles. The molecule has 6 nitrogen and oxygen atoms in total. The Balaban J connectivity index is 1.19. The quantitative estimate of drug-likeness (QED) is 0.366. The molecule has 4 aromatic rings. The van der Waals surface area contributed by atoms with Gasteiger partial charge in [0.05, 0.1) is 5.69 Å². The molecule has 0 unspecified atom stereocenters. The van der Waals surface area contributed by atoms with E-state index < -0.39 is 0 Å². The first-order valence-electron chi connectivity index (χ1n) is 13.0. The monoisotopic (exact) mass is 482 g/mol. The molecule has 2 aromatic carbocycles. The summed E-state index contributed by atoms with van der Waals surface area (Å²) in [5.41, 5.74) is 4.80. The van der Waals surface area contributed by atoms with Crippen molar-refractivity contribution in [2.45, 2.75) is 52.0 Å². The summed E-state index contributed by atoms with van der Waals surface area (Å²) in [7, 11) is 0. The van der Waals surface area contributed by atoms with Crippen LogP contribution >= 0.6 is 0 Å². The summed E-state index contributed by atoms with van der Waals surface area (Å²) in [4.78, 5) is 27.9. The fourth-order valence-corrected chi connectivity index (χ4v) is 5.09. The summed E-state index contributed by atoms with van der Waals surface area (Å²) in [6.45, 7) is 6.31. The Morgan fingerprint density at radius 1 is 1.00 bits per heavy atom. The lowest BCUT2D eigenvalue weighted by Gasteiger charge is -2.32. The molecule has 0 spiro atoms. The highest BCUT2D eigenvalue weighted by Gasteiger charge is 2.23. The van der Waals surface area contributed by atoms with Crippen molar-refractivity contribution >= 4 is 11.4 Å². The molecule has 1 aliphatic rings. The third-order valence-corrected chi connectivity index (χ3v) is 7.38. The molecule has 0 saturated carbocycles. The predicted molar refractivity (Wildman–Crippen MR) is 143 cm³/mol. The number of carbonyl (C=O) groups is 1. The minimum atomic E-state index is -0.121. The topological polar surface area (TPSA) is 59.6 Å². The van der Waals surface area contributed by atoms with Crippen LogP contribution in [0.15, 0.2) is 77.9 Å². The van der Waals surface area contributed by atoms with Crippen molar-refractivity contribution < 1.29 is 4.79 Å². The van der Waals surface area contributed by atoms with E-state index in [1.54, 1.807) is 21.5 Å². The van der Waals surface area contributed by atoms with E-state index in [1.807, 2.05) is 17.0 Å². The van der Waals surface area contributed by atoms with Gasteiger partial charge in [0, 0.05) is 44.0 Å². The van der Waals surface area contributed by atoms with Gasteiger partial charge in [0.2, 0.25) is 5.91 Å². The molecule has 2 aromatic heterocycles. The maximum absolute atomic E-state index is 13.1. The van der Waals surface area contributed by atoms with Crippen LogP contribution < -0.4 is 5.56 Å². The molecule has 0 N–H and O–H groups in total. The lowest BCUT2D eigenvalue weighted by Crippen LogP contribution is -2.39. The molecule has 1 fully saturated rings. The van der Waals surface area contributed by atoms with Gasteiger partial charge in [0.1, 0.15) is 5.52 Å². The van der Waals surface area contributed by atoms with Crippen LogP contribution in [0.4, 0.5) is 0 Å². The summed E-state index contributed by atoms with van der Waals surface area (Å²) in [5, 5.41) is 4.59. The van der Waals surface area contributed by atoms with Gasteiger partial charge in [0.15, 0.2) is 0 Å². The molecule has 5 rings (SSSR count). The highest BCUT2D eigenvalue weighted by Crippen LogP contribution is 2.23. The molecule has 6 heteroatoms. The van der Waals surface area contributed by atoms with Crippen LogP contribution in [-0.4, -0.2) is 38.1 Å². The number of nitrogens with zero attached hydrogens (tertiary/aromatic N) is 4. The Labute approximate surface area is 212 Å². The van der Waals surface area contributed by atoms with Gasteiger partial charge in [-0.1, -0.05) is 68.4 Å². The minimum Gasteiger partial charge on any atom is -0.343 e. The van der Waals surface area contributed by atoms with Gasteiger partial charge in [-0.15, -0.1) is 0 Å². The highest BCUT2D eigenvalue weighted by atomic mass is 16.2. The maximum Gasteiger partial charge on any atom is 0.276 e. The second kappa shape index (κ2) is 10.5. The van der Waals surface area contributed by atoms with Crippen molar-refractivity contribution in [1.29, 1.82) is 0 Å². The SMILES string of the molecule is CC(C)c1ccc(-c2cc3c(=O)n(CCC(=O)N4CCC(Cc5ccccc5)CC4)ccn3n2)cc1. The molecule has 0 atom stereocenters. The maximum atomic E-state index is 13.1. The number of rotatable bonds is 7. The number of aryl methyl sites for hydroxylation is 1. The number of piperidine rings is 1. The van der Waals surface area contributed by atoms with Gasteiger partial charge in [-0.25, -0.2) is 4.52 Å². The van der Waals surface area contributed by atoms with E-state index in [0.717, 1.165) is 43.6 Å². The first kappa shape index (κ1) is 24.0. The number of aromatic nitrogens is 3. The Hall–Kier alpha value is -3.67. The molecule has 1 amide bonds. The first-order valence-corrected chi connectivity index (χ1v) is 13.0. The lowest BCUT2D eigenvalue weighted by molar-refractivity contribution is -0.132. The summed E-state index contributed by atoms with van der Waals surface area (Å²) >= 11 is 0. The van der Waals surface area contributed by atoms with Crippen LogP contribution in [0.1, 0.15) is 50.2 Å². The van der Waals surface area contributed by atoms with Gasteiger partial charge >= 0.3 is 0 Å². The third-order valence-electron chi connectivity index (χ3n) is 7.38. The van der Waals surface area contributed by atoms with Gasteiger partial charge in [-0.2, -0.15) is 5.10 Å². The Morgan fingerprint density at radius 3 is 2.42 bits per heavy atom. The highest BCUT2D eigenvalue weighted by molar-refractivity contribution is 5.76. The Morgan fingerprint density at radius 2 is 1.72 bits per heavy atom. The minimum absolute atomic E-state index is 0.121. The smallest absolute Gasteiger partial charge is 0.276 e. The van der Waals surface area contributed by atoms with Gasteiger partial charge < -0.3 is 9.47 Å². The fraction of sp³-hybridized carbons (Fsp3) is 0.367. The zero-order chi connectivity index (χ0) is 25.1. The first-order chi connectivity index (χ1) is 17.5. The van der Waals surface area contributed by atoms with E-state index in [4.69, 9.17) is 0 Å². The molecule has 0 aliphatic carbocycles. The van der Waals surface area contributed by atoms with Crippen LogP contribution in [0.5, 0.6) is 0 Å². The predicted octanol–water partition coefficient (Wildman–Crippen LogP) is 5.16. The van der Waals surface area contributed by atoms with Crippen LogP contribution in [0.25, 0.3) is 16.8 Å². The second-order valence-electron chi connectivity index (χ2n) is 10.2. The van der Waals surface area contributed by atoms with Crippen molar-refractivity contribution in [2.75, 3.05) is 13.1 Å². The molecule has 1 saturated heterocycles. The molecular weight excluding hydrogens is 448 g/mol. The summed E-state index contributed by atoms with van der Waals surface area (Å²) < 4.78 is 3.26. The van der Waals surface area contributed by atoms with Crippen molar-refractivity contribution in [3.63, 3.8) is 0 Å². The number of carbonyl (C=O) groups excluding carboxylic acids is 1. The zero-order valence-corrected chi connectivity index (χ0v) is 21.1. The Bertz CT molecular complexity index is 1380. The normalized spacial score (nSPS) is 14.6. The summed E-state index contributed by atoms with van der Waals surface area (Å²) in [6.07, 6.45) is 6.99. The molecule has 3 heterocycles. The lowest BCUT2D eigenvalue weighted by atomic mass is 9.90. The van der Waals surface area contributed by atoms with Crippen LogP contribution in [0.3, 0.4) is 0 Å². The second-order valence-corrected chi connectivity index (χ2v) is 10.2. The molecule has 186 valence electrons. The third kappa shape index (κ3) is 5.27. The van der Waals surface area contributed by atoms with E-state index in [-0.39, 0.29) is 11.5 Å². The number of likely N-dealkylation sites (tertiary alicyclic amines) is 1. The summed E-state index contributed by atoms with van der Waals surface area (Å²) in [5.74, 6) is 1.22. The van der Waals surface area contributed by atoms with E-state index >= 15 is 0 Å². The summed E-state index contributed by atoms with van der Waals surface area (Å²) in [6, 6.07) is 20.7. The van der Waals surface area contributed by atoms with Crippen molar-refractivity contribution in [1.82, 2.24) is 19.1 Å². The number of amides is 1. The number of benzene rings is 2. The van der Waals surface area contributed by atoms with Crippen molar-refractivity contribution in [3.05, 3.63) is 94.5 Å². The molecule has 0 radical (unpaired) electrons. The van der Waals surface area contributed by atoms with Crippen molar-refractivity contribution in [3.8, 4) is 11.3 Å². The van der Waals surface area contributed by atoms with E-state index in [9.17, 15) is 9.59 Å². The standard InChI is InChI=1S/C30H34N4O2/c1-22(2)25-8-10-26(11-9-25)27-21-28-30(36)33(18-19-34(28)31-27)17-14-29(35)32-15-12-24(13-16-32)20-23-6-4-3-5-7-23/h3-11,18-19,21-22,24H,12-17,20H2,1-2H3. The Kier molecular flexibility index (Phi) is 7.03. The van der Waals surface area contributed by atoms with Crippen LogP contribution in [0, 0.1) is 5.92 Å². The average molecular weight is 483 g/mol. The van der Waals surface area contributed by atoms with Crippen LogP contribution in [0.2, 0.25) is 0 Å². The van der Waals surface area contributed by atoms with Crippen molar-refractivity contribution in [2.24, 2.45) is 5.92 Å². The average Bonchev–Trinajstić information content (AvgIpc) is 3.35. The van der Waals surface area contributed by atoms with E-state index in [1.165, 1.54) is 11.1 Å². The number of hydrogen-bond acceptors (Lipinski definition) is 3. The van der Waals surface area contributed by atoms with Gasteiger partial charge in [0.25, 0.3) is 5.56 Å². The van der Waals surface area contributed by atoms with E-state index in [0.29, 0.717) is 30.3 Å². The molecule has 0 bridgehead atoms. The number of hydrogen-bond donors (Lipinski definition) is 0. The fourth-order valence-electron chi connectivity index (χ4n) is 5.09. The number of fused-ring (bicyclic) bond motifs is 1. The molecule has 36 heavy (non-hydrogen) atoms. The zero-order valence-electron chi connectivity index (χ0n) is 21.1.